The van der Waals surface area contributed by atoms with E-state index in [1.807, 2.05) is 19.9 Å². The molecular weight excluding hydrogens is 156 g/mol. The van der Waals surface area contributed by atoms with Crippen LogP contribution in [0.5, 0.6) is 0 Å². The molecule has 1 aromatic rings. The largest absolute Gasteiger partial charge is 0.465 e. The van der Waals surface area contributed by atoms with Crippen LogP contribution in [0.4, 0.5) is 10.6 Å². The van der Waals surface area contributed by atoms with Gasteiger partial charge in [-0.3, -0.25) is 5.32 Å². The molecule has 0 bridgehead atoms. The number of hydrogen-bond acceptors (Lipinski definition) is 2. The van der Waals surface area contributed by atoms with E-state index in [0.29, 0.717) is 5.82 Å². The molecule has 1 heterocycles. The lowest BCUT2D eigenvalue weighted by Gasteiger charge is -2.02. The van der Waals surface area contributed by atoms with Gasteiger partial charge < -0.3 is 5.11 Å². The minimum atomic E-state index is -1.09. The standard InChI is InChI=1S/C8H10N2O2/c1-5-3-4-7(9-6(5)2)10-8(11)12/h3-4H,1-2H3,(H,9,10)(H,11,12). The molecule has 0 saturated heterocycles. The molecule has 4 nitrogen and oxygen atoms in total. The number of amides is 1. The number of carboxylic acid groups (broad SMARTS) is 1. The molecule has 0 aliphatic rings. The summed E-state index contributed by atoms with van der Waals surface area (Å²) in [5.41, 5.74) is 1.88. The summed E-state index contributed by atoms with van der Waals surface area (Å²) in [7, 11) is 0. The number of anilines is 1. The number of hydrogen-bond donors (Lipinski definition) is 2. The zero-order valence-corrected chi connectivity index (χ0v) is 6.96. The number of carbonyl (C=O) groups is 1. The van der Waals surface area contributed by atoms with Gasteiger partial charge in [0.15, 0.2) is 0 Å². The van der Waals surface area contributed by atoms with Gasteiger partial charge in [0.25, 0.3) is 0 Å². The molecule has 0 atom stereocenters. The highest BCUT2D eigenvalue weighted by atomic mass is 16.4. The van der Waals surface area contributed by atoms with Crippen molar-refractivity contribution in [3.8, 4) is 0 Å². The summed E-state index contributed by atoms with van der Waals surface area (Å²) in [6, 6.07) is 3.46. The fourth-order valence-electron chi connectivity index (χ4n) is 0.810. The number of aromatic nitrogens is 1. The molecular formula is C8H10N2O2. The number of nitrogens with zero attached hydrogens (tertiary/aromatic N) is 1. The molecule has 4 heteroatoms. The minimum absolute atomic E-state index is 0.366. The zero-order valence-electron chi connectivity index (χ0n) is 6.96. The Kier molecular flexibility index (Phi) is 2.28. The molecule has 0 radical (unpaired) electrons. The molecule has 64 valence electrons. The van der Waals surface area contributed by atoms with Gasteiger partial charge in [-0.15, -0.1) is 0 Å². The van der Waals surface area contributed by atoms with Crippen molar-refractivity contribution in [2.24, 2.45) is 0 Å². The summed E-state index contributed by atoms with van der Waals surface area (Å²) >= 11 is 0. The van der Waals surface area contributed by atoms with Gasteiger partial charge in [-0.1, -0.05) is 6.07 Å². The minimum Gasteiger partial charge on any atom is -0.465 e. The van der Waals surface area contributed by atoms with Crippen LogP contribution >= 0.6 is 0 Å². The monoisotopic (exact) mass is 166 g/mol. The smallest absolute Gasteiger partial charge is 0.410 e. The molecule has 0 aliphatic carbocycles. The van der Waals surface area contributed by atoms with Crippen LogP contribution in [0.25, 0.3) is 0 Å². The van der Waals surface area contributed by atoms with Crippen molar-refractivity contribution in [1.29, 1.82) is 0 Å². The molecule has 2 N–H and O–H groups in total. The summed E-state index contributed by atoms with van der Waals surface area (Å²) in [5.74, 6) is 0.366. The second kappa shape index (κ2) is 3.21. The second-order valence-corrected chi connectivity index (χ2v) is 2.53. The van der Waals surface area contributed by atoms with Crippen molar-refractivity contribution in [3.05, 3.63) is 23.4 Å². The Balaban J connectivity index is 2.89. The molecule has 12 heavy (non-hydrogen) atoms. The van der Waals surface area contributed by atoms with Gasteiger partial charge in [-0.25, -0.2) is 9.78 Å². The predicted octanol–water partition coefficient (Wildman–Crippen LogP) is 1.79. The zero-order chi connectivity index (χ0) is 9.14. The van der Waals surface area contributed by atoms with Crippen molar-refractivity contribution in [2.75, 3.05) is 5.32 Å². The van der Waals surface area contributed by atoms with E-state index in [0.717, 1.165) is 11.3 Å². The molecule has 0 unspecified atom stereocenters. The van der Waals surface area contributed by atoms with Crippen molar-refractivity contribution < 1.29 is 9.90 Å². The Hall–Kier alpha value is -1.58. The highest BCUT2D eigenvalue weighted by molar-refractivity contribution is 5.81. The van der Waals surface area contributed by atoms with Crippen molar-refractivity contribution in [1.82, 2.24) is 4.98 Å². The highest BCUT2D eigenvalue weighted by Gasteiger charge is 2.00. The quantitative estimate of drug-likeness (QED) is 0.668. The molecule has 0 aromatic carbocycles. The summed E-state index contributed by atoms with van der Waals surface area (Å²) < 4.78 is 0. The maximum atomic E-state index is 10.2. The van der Waals surface area contributed by atoms with Crippen molar-refractivity contribution in [2.45, 2.75) is 13.8 Å². The molecule has 0 aliphatic heterocycles. The maximum absolute atomic E-state index is 10.2. The lowest BCUT2D eigenvalue weighted by atomic mass is 10.2. The lowest BCUT2D eigenvalue weighted by Crippen LogP contribution is -2.09. The lowest BCUT2D eigenvalue weighted by molar-refractivity contribution is 0.209. The Morgan fingerprint density at radius 1 is 1.50 bits per heavy atom. The molecule has 0 fully saturated rings. The molecule has 1 amide bonds. The molecule has 1 aromatic heterocycles. The topological polar surface area (TPSA) is 62.2 Å². The van der Waals surface area contributed by atoms with Crippen molar-refractivity contribution in [3.63, 3.8) is 0 Å². The number of rotatable bonds is 1. The van der Waals surface area contributed by atoms with Gasteiger partial charge in [0.05, 0.1) is 0 Å². The third-order valence-corrected chi connectivity index (χ3v) is 1.59. The van der Waals surface area contributed by atoms with Crippen LogP contribution in [-0.4, -0.2) is 16.2 Å². The summed E-state index contributed by atoms with van der Waals surface area (Å²) in [4.78, 5) is 14.2. The first-order valence-electron chi connectivity index (χ1n) is 3.54. The number of nitrogens with one attached hydrogen (secondary N) is 1. The van der Waals surface area contributed by atoms with E-state index in [-0.39, 0.29) is 0 Å². The Morgan fingerprint density at radius 3 is 2.67 bits per heavy atom. The first-order chi connectivity index (χ1) is 5.59. The Bertz CT molecular complexity index is 310. The van der Waals surface area contributed by atoms with Crippen LogP contribution in [0.1, 0.15) is 11.3 Å². The van der Waals surface area contributed by atoms with E-state index in [1.165, 1.54) is 0 Å². The van der Waals surface area contributed by atoms with E-state index < -0.39 is 6.09 Å². The van der Waals surface area contributed by atoms with E-state index in [1.54, 1.807) is 6.07 Å². The van der Waals surface area contributed by atoms with Crippen LogP contribution in [0.2, 0.25) is 0 Å². The fourth-order valence-corrected chi connectivity index (χ4v) is 0.810. The molecule has 1 rings (SSSR count). The van der Waals surface area contributed by atoms with Crippen molar-refractivity contribution >= 4 is 11.9 Å². The van der Waals surface area contributed by atoms with Crippen LogP contribution < -0.4 is 5.32 Å². The van der Waals surface area contributed by atoms with Gasteiger partial charge in [0.2, 0.25) is 0 Å². The van der Waals surface area contributed by atoms with Crippen LogP contribution in [-0.2, 0) is 0 Å². The SMILES string of the molecule is Cc1ccc(NC(=O)O)nc1C. The third-order valence-electron chi connectivity index (χ3n) is 1.59. The maximum Gasteiger partial charge on any atom is 0.410 e. The van der Waals surface area contributed by atoms with Gasteiger partial charge in [-0.2, -0.15) is 0 Å². The fraction of sp³-hybridized carbons (Fsp3) is 0.250. The summed E-state index contributed by atoms with van der Waals surface area (Å²) in [5, 5.41) is 10.6. The van der Waals surface area contributed by atoms with E-state index in [9.17, 15) is 4.79 Å². The Labute approximate surface area is 70.3 Å². The average Bonchev–Trinajstić information content (AvgIpc) is 1.96. The van der Waals surface area contributed by atoms with Crippen LogP contribution in [0.15, 0.2) is 12.1 Å². The second-order valence-electron chi connectivity index (χ2n) is 2.53. The van der Waals surface area contributed by atoms with Gasteiger partial charge in [0, 0.05) is 5.69 Å². The number of aryl methyl sites for hydroxylation is 2. The van der Waals surface area contributed by atoms with E-state index in [2.05, 4.69) is 10.3 Å². The van der Waals surface area contributed by atoms with Gasteiger partial charge >= 0.3 is 6.09 Å². The van der Waals surface area contributed by atoms with Gasteiger partial charge in [-0.05, 0) is 25.5 Å². The summed E-state index contributed by atoms with van der Waals surface area (Å²) in [6.45, 7) is 3.76. The summed E-state index contributed by atoms with van der Waals surface area (Å²) in [6.07, 6.45) is -1.09. The normalized spacial score (nSPS) is 9.50. The first-order valence-corrected chi connectivity index (χ1v) is 3.54. The van der Waals surface area contributed by atoms with Crippen LogP contribution in [0, 0.1) is 13.8 Å². The van der Waals surface area contributed by atoms with Gasteiger partial charge in [0.1, 0.15) is 5.82 Å². The average molecular weight is 166 g/mol. The Morgan fingerprint density at radius 2 is 2.17 bits per heavy atom. The first kappa shape index (κ1) is 8.52. The predicted molar refractivity (Wildman–Crippen MR) is 45.4 cm³/mol. The highest BCUT2D eigenvalue weighted by Crippen LogP contribution is 2.08. The molecule has 0 saturated carbocycles. The molecule has 0 spiro atoms. The van der Waals surface area contributed by atoms with E-state index >= 15 is 0 Å². The van der Waals surface area contributed by atoms with E-state index in [4.69, 9.17) is 5.11 Å². The van der Waals surface area contributed by atoms with Crippen LogP contribution in [0.3, 0.4) is 0 Å². The number of pyridine rings is 1. The third kappa shape index (κ3) is 1.95.